The third-order valence-corrected chi connectivity index (χ3v) is 1.57. The number of hydrogen-bond donors (Lipinski definition) is 2. The van der Waals surface area contributed by atoms with Crippen molar-refractivity contribution in [2.75, 3.05) is 0 Å². The summed E-state index contributed by atoms with van der Waals surface area (Å²) in [6.07, 6.45) is 0.716. The SMILES string of the molecule is NN1C=NS(=O)(=O)NC1=O. The van der Waals surface area contributed by atoms with E-state index in [9.17, 15) is 13.2 Å². The van der Waals surface area contributed by atoms with Gasteiger partial charge in [0.15, 0.2) is 0 Å². The first kappa shape index (κ1) is 6.96. The van der Waals surface area contributed by atoms with Gasteiger partial charge in [-0.3, -0.25) is 0 Å². The fourth-order valence-corrected chi connectivity index (χ4v) is 0.959. The molecule has 1 heterocycles. The van der Waals surface area contributed by atoms with Crippen molar-refractivity contribution in [2.24, 2.45) is 10.2 Å². The van der Waals surface area contributed by atoms with Gasteiger partial charge in [-0.05, 0) is 0 Å². The van der Waals surface area contributed by atoms with Crippen molar-refractivity contribution in [3.63, 3.8) is 0 Å². The molecule has 0 radical (unpaired) electrons. The Balaban J connectivity index is 3.01. The molecule has 0 aliphatic carbocycles. The fourth-order valence-electron chi connectivity index (χ4n) is 0.355. The number of amides is 2. The Morgan fingerprint density at radius 2 is 2.30 bits per heavy atom. The molecule has 1 aliphatic heterocycles. The third kappa shape index (κ3) is 1.22. The van der Waals surface area contributed by atoms with E-state index >= 15 is 0 Å². The van der Waals surface area contributed by atoms with E-state index in [1.54, 1.807) is 4.72 Å². The second kappa shape index (κ2) is 1.92. The van der Waals surface area contributed by atoms with Crippen LogP contribution in [-0.2, 0) is 10.2 Å². The van der Waals surface area contributed by atoms with Gasteiger partial charge < -0.3 is 0 Å². The zero-order valence-electron chi connectivity index (χ0n) is 4.68. The second-order valence-electron chi connectivity index (χ2n) is 1.51. The summed E-state index contributed by atoms with van der Waals surface area (Å²) in [7, 11) is -3.82. The Bertz CT molecular complexity index is 279. The van der Waals surface area contributed by atoms with Crippen LogP contribution in [-0.4, -0.2) is 25.8 Å². The van der Waals surface area contributed by atoms with Crippen molar-refractivity contribution in [2.45, 2.75) is 0 Å². The van der Waals surface area contributed by atoms with Crippen LogP contribution < -0.4 is 10.6 Å². The Kier molecular flexibility index (Phi) is 1.34. The fraction of sp³-hybridized carbons (Fsp3) is 0. The Labute approximate surface area is 56.7 Å². The molecule has 10 heavy (non-hydrogen) atoms. The third-order valence-electron chi connectivity index (χ3n) is 0.761. The van der Waals surface area contributed by atoms with Gasteiger partial charge in [-0.15, -0.1) is 4.40 Å². The van der Waals surface area contributed by atoms with Gasteiger partial charge in [0, 0.05) is 0 Å². The number of nitrogens with zero attached hydrogens (tertiary/aromatic N) is 2. The van der Waals surface area contributed by atoms with Crippen molar-refractivity contribution >= 4 is 22.6 Å². The molecule has 0 spiro atoms. The van der Waals surface area contributed by atoms with E-state index in [0.29, 0.717) is 11.3 Å². The minimum absolute atomic E-state index is 0.529. The summed E-state index contributed by atoms with van der Waals surface area (Å²) in [6.45, 7) is 0. The van der Waals surface area contributed by atoms with Crippen LogP contribution in [0, 0.1) is 0 Å². The number of rotatable bonds is 0. The Morgan fingerprint density at radius 1 is 1.70 bits per heavy atom. The normalized spacial score (nSPS) is 22.5. The first-order valence-electron chi connectivity index (χ1n) is 2.17. The van der Waals surface area contributed by atoms with E-state index in [4.69, 9.17) is 5.84 Å². The molecule has 0 unspecified atom stereocenters. The molecule has 1 aliphatic rings. The molecule has 0 aromatic carbocycles. The number of nitrogens with two attached hydrogens (primary N) is 1. The molecular formula is C2H4N4O3S. The average molecular weight is 164 g/mol. The van der Waals surface area contributed by atoms with Crippen LogP contribution in [0.1, 0.15) is 0 Å². The molecule has 7 nitrogen and oxygen atoms in total. The monoisotopic (exact) mass is 164 g/mol. The van der Waals surface area contributed by atoms with E-state index in [0.717, 1.165) is 0 Å². The summed E-state index contributed by atoms with van der Waals surface area (Å²) in [5.74, 6) is 4.91. The highest BCUT2D eigenvalue weighted by Crippen LogP contribution is 1.92. The van der Waals surface area contributed by atoms with Gasteiger partial charge in [0.05, 0.1) is 0 Å². The summed E-state index contributed by atoms with van der Waals surface area (Å²) in [4.78, 5) is 10.4. The van der Waals surface area contributed by atoms with Gasteiger partial charge in [0.1, 0.15) is 6.34 Å². The molecule has 8 heteroatoms. The van der Waals surface area contributed by atoms with Crippen LogP contribution in [0.3, 0.4) is 0 Å². The molecular weight excluding hydrogens is 160 g/mol. The van der Waals surface area contributed by atoms with Crippen LogP contribution >= 0.6 is 0 Å². The Hall–Kier alpha value is -1.15. The lowest BCUT2D eigenvalue weighted by molar-refractivity contribution is 0.227. The van der Waals surface area contributed by atoms with Crippen LogP contribution in [0.4, 0.5) is 4.79 Å². The molecule has 1 rings (SSSR count). The smallest absolute Gasteiger partial charge is 0.246 e. The second-order valence-corrected chi connectivity index (χ2v) is 2.88. The van der Waals surface area contributed by atoms with E-state index in [1.165, 1.54) is 0 Å². The molecule has 2 amide bonds. The topological polar surface area (TPSA) is 105 Å². The predicted molar refractivity (Wildman–Crippen MR) is 32.0 cm³/mol. The number of hydrogen-bond acceptors (Lipinski definition) is 4. The molecule has 0 fully saturated rings. The van der Waals surface area contributed by atoms with Crippen molar-refractivity contribution in [1.82, 2.24) is 9.73 Å². The maximum absolute atomic E-state index is 10.4. The van der Waals surface area contributed by atoms with Gasteiger partial charge in [-0.1, -0.05) is 0 Å². The summed E-state index contributed by atoms with van der Waals surface area (Å²) >= 11 is 0. The van der Waals surface area contributed by atoms with Crippen LogP contribution in [0.2, 0.25) is 0 Å². The van der Waals surface area contributed by atoms with Crippen molar-refractivity contribution in [3.05, 3.63) is 0 Å². The highest BCUT2D eigenvalue weighted by molar-refractivity contribution is 7.88. The average Bonchev–Trinajstić information content (AvgIpc) is 1.79. The summed E-state index contributed by atoms with van der Waals surface area (Å²) < 4.78 is 25.2. The number of urea groups is 1. The summed E-state index contributed by atoms with van der Waals surface area (Å²) in [5, 5.41) is 0.529. The van der Waals surface area contributed by atoms with E-state index < -0.39 is 16.2 Å². The molecule has 0 saturated heterocycles. The van der Waals surface area contributed by atoms with E-state index in [2.05, 4.69) is 4.40 Å². The number of carbonyl (C=O) groups excluding carboxylic acids is 1. The largest absolute Gasteiger partial charge is 0.352 e. The summed E-state index contributed by atoms with van der Waals surface area (Å²) in [6, 6.07) is -0.921. The van der Waals surface area contributed by atoms with Gasteiger partial charge in [-0.25, -0.2) is 20.4 Å². The van der Waals surface area contributed by atoms with Crippen LogP contribution in [0.25, 0.3) is 0 Å². The lowest BCUT2D eigenvalue weighted by Crippen LogP contribution is -2.49. The maximum atomic E-state index is 10.4. The van der Waals surface area contributed by atoms with Crippen LogP contribution in [0.15, 0.2) is 4.40 Å². The standard InChI is InChI=1S/C2H4N4O3S/c3-6-1-4-10(8,9)5-2(6)7/h1H,3H2,(H,5,7). The van der Waals surface area contributed by atoms with Gasteiger partial charge >= 0.3 is 16.2 Å². The predicted octanol–water partition coefficient (Wildman–Crippen LogP) is -1.84. The minimum Gasteiger partial charge on any atom is -0.246 e. The van der Waals surface area contributed by atoms with Gasteiger partial charge in [0.2, 0.25) is 0 Å². The number of hydrazine groups is 1. The maximum Gasteiger partial charge on any atom is 0.352 e. The number of carbonyl (C=O) groups is 1. The van der Waals surface area contributed by atoms with E-state index in [-0.39, 0.29) is 0 Å². The van der Waals surface area contributed by atoms with Crippen LogP contribution in [0.5, 0.6) is 0 Å². The zero-order valence-corrected chi connectivity index (χ0v) is 5.50. The zero-order chi connectivity index (χ0) is 7.78. The lowest BCUT2D eigenvalue weighted by Gasteiger charge is -2.14. The van der Waals surface area contributed by atoms with E-state index in [1.807, 2.05) is 0 Å². The lowest BCUT2D eigenvalue weighted by atomic mass is 11.0. The van der Waals surface area contributed by atoms with Gasteiger partial charge in [0.25, 0.3) is 0 Å². The first-order valence-corrected chi connectivity index (χ1v) is 3.61. The van der Waals surface area contributed by atoms with Crippen molar-refractivity contribution in [1.29, 1.82) is 0 Å². The molecule has 0 atom stereocenters. The highest BCUT2D eigenvalue weighted by atomic mass is 32.2. The molecule has 0 saturated carbocycles. The first-order chi connectivity index (χ1) is 4.51. The van der Waals surface area contributed by atoms with Gasteiger partial charge in [-0.2, -0.15) is 8.42 Å². The molecule has 0 bridgehead atoms. The van der Waals surface area contributed by atoms with Crippen molar-refractivity contribution in [3.8, 4) is 0 Å². The highest BCUT2D eigenvalue weighted by Gasteiger charge is 2.20. The minimum atomic E-state index is -3.82. The quantitative estimate of drug-likeness (QED) is 0.324. The Morgan fingerprint density at radius 3 is 2.70 bits per heavy atom. The number of nitrogens with one attached hydrogen (secondary N) is 1. The molecule has 0 aromatic heterocycles. The summed E-state index contributed by atoms with van der Waals surface area (Å²) in [5.41, 5.74) is 0. The molecule has 3 N–H and O–H groups in total. The molecule has 0 aromatic rings. The molecule has 56 valence electrons. The van der Waals surface area contributed by atoms with Crippen molar-refractivity contribution < 1.29 is 13.2 Å².